The average molecular weight is 384 g/mol. The highest BCUT2D eigenvalue weighted by Crippen LogP contribution is 2.28. The number of nitrogens with zero attached hydrogens (tertiary/aromatic N) is 2. The molecule has 1 heterocycles. The number of hydrogen-bond donors (Lipinski definition) is 1. The van der Waals surface area contributed by atoms with Gasteiger partial charge in [0.05, 0.1) is 29.8 Å². The lowest BCUT2D eigenvalue weighted by Crippen LogP contribution is -2.03. The molecule has 1 aromatic heterocycles. The van der Waals surface area contributed by atoms with Crippen LogP contribution in [0.1, 0.15) is 22.2 Å². The monoisotopic (exact) mass is 384 g/mol. The fraction of sp³-hybridized carbons (Fsp3) is 0.105. The van der Waals surface area contributed by atoms with Crippen molar-refractivity contribution in [2.45, 2.75) is 6.92 Å². The minimum Gasteiger partial charge on any atom is -0.493 e. The van der Waals surface area contributed by atoms with E-state index >= 15 is 0 Å². The van der Waals surface area contributed by atoms with Crippen LogP contribution >= 0.6 is 23.6 Å². The molecule has 0 fully saturated rings. The summed E-state index contributed by atoms with van der Waals surface area (Å²) >= 11 is 6.63. The van der Waals surface area contributed by atoms with Gasteiger partial charge in [-0.3, -0.25) is 9.56 Å². The number of aromatic nitrogens is 1. The van der Waals surface area contributed by atoms with Crippen LogP contribution in [0.3, 0.4) is 0 Å². The Balaban J connectivity index is 1.83. The van der Waals surface area contributed by atoms with Gasteiger partial charge in [-0.25, -0.2) is 4.79 Å². The zero-order chi connectivity index (χ0) is 18.5. The number of para-hydroxylation sites is 1. The number of benzene rings is 2. The number of carbonyl (C=O) groups excluding carboxylic acids is 1. The molecule has 0 radical (unpaired) electrons. The third kappa shape index (κ3) is 3.89. The Morgan fingerprint density at radius 3 is 2.58 bits per heavy atom. The van der Waals surface area contributed by atoms with Crippen molar-refractivity contribution in [3.63, 3.8) is 0 Å². The molecule has 0 atom stereocenters. The van der Waals surface area contributed by atoms with Crippen LogP contribution in [0.5, 0.6) is 5.88 Å². The maximum Gasteiger partial charge on any atom is 0.338 e. The summed E-state index contributed by atoms with van der Waals surface area (Å²) in [4.78, 5) is 16.6. The summed E-state index contributed by atoms with van der Waals surface area (Å²) in [5.74, 6) is -0.309. The number of aliphatic imine (C=N–C) groups is 1. The van der Waals surface area contributed by atoms with E-state index in [-0.39, 0.29) is 11.8 Å². The van der Waals surface area contributed by atoms with Gasteiger partial charge in [-0.2, -0.15) is 0 Å². The lowest BCUT2D eigenvalue weighted by molar-refractivity contribution is 0.0526. The molecule has 0 amide bonds. The molecule has 1 N–H and O–H groups in total. The van der Waals surface area contributed by atoms with E-state index in [1.165, 1.54) is 11.3 Å². The molecule has 0 aliphatic carbocycles. The van der Waals surface area contributed by atoms with Gasteiger partial charge in [0.25, 0.3) is 0 Å². The maximum absolute atomic E-state index is 11.6. The minimum absolute atomic E-state index is 0.0538. The second-order valence-corrected chi connectivity index (χ2v) is 6.93. The molecule has 0 unspecified atom stereocenters. The van der Waals surface area contributed by atoms with E-state index in [1.807, 2.05) is 30.3 Å². The molecular weight excluding hydrogens is 368 g/mol. The summed E-state index contributed by atoms with van der Waals surface area (Å²) in [6.07, 6.45) is 1.56. The molecule has 0 aliphatic rings. The van der Waals surface area contributed by atoms with Crippen molar-refractivity contribution in [3.05, 3.63) is 69.0 Å². The number of carbonyl (C=O) groups is 1. The Hall–Kier alpha value is -2.77. The molecule has 0 bridgehead atoms. The van der Waals surface area contributed by atoms with Crippen molar-refractivity contribution in [2.75, 3.05) is 6.61 Å². The van der Waals surface area contributed by atoms with Gasteiger partial charge < -0.3 is 9.84 Å². The maximum atomic E-state index is 11.6. The highest BCUT2D eigenvalue weighted by molar-refractivity contribution is 7.73. The van der Waals surface area contributed by atoms with Crippen molar-refractivity contribution in [3.8, 4) is 11.6 Å². The Kier molecular flexibility index (Phi) is 5.60. The molecule has 0 saturated heterocycles. The molecule has 0 saturated carbocycles. The van der Waals surface area contributed by atoms with E-state index < -0.39 is 0 Å². The Morgan fingerprint density at radius 1 is 1.23 bits per heavy atom. The standard InChI is InChI=1S/C19H16N2O3S2/c1-2-24-18(23)13-8-10-14(11-9-13)20-12-16-17(22)21(19(25)26-16)15-6-4-3-5-7-15/h3-12,22H,2H2,1H3. The van der Waals surface area contributed by atoms with Crippen LogP contribution in [0.4, 0.5) is 5.69 Å². The predicted molar refractivity (Wildman–Crippen MR) is 106 cm³/mol. The largest absolute Gasteiger partial charge is 0.493 e. The highest BCUT2D eigenvalue weighted by Gasteiger charge is 2.11. The third-order valence-corrected chi connectivity index (χ3v) is 4.83. The zero-order valence-electron chi connectivity index (χ0n) is 14.0. The first-order valence-corrected chi connectivity index (χ1v) is 9.14. The topological polar surface area (TPSA) is 63.8 Å². The number of rotatable bonds is 5. The SMILES string of the molecule is CCOC(=O)c1ccc(N=Cc2sc(=S)n(-c3ccccc3)c2O)cc1. The van der Waals surface area contributed by atoms with Crippen LogP contribution in [-0.4, -0.2) is 28.5 Å². The Morgan fingerprint density at radius 2 is 1.92 bits per heavy atom. The summed E-state index contributed by atoms with van der Waals surface area (Å²) in [7, 11) is 0. The van der Waals surface area contributed by atoms with E-state index in [9.17, 15) is 9.90 Å². The van der Waals surface area contributed by atoms with Crippen molar-refractivity contribution >= 4 is 41.4 Å². The van der Waals surface area contributed by atoms with Gasteiger partial charge in [-0.15, -0.1) is 0 Å². The Labute approximate surface area is 159 Å². The quantitative estimate of drug-likeness (QED) is 0.386. The van der Waals surface area contributed by atoms with E-state index in [0.29, 0.717) is 26.7 Å². The first-order chi connectivity index (χ1) is 12.6. The molecule has 0 aliphatic heterocycles. The van der Waals surface area contributed by atoms with E-state index in [0.717, 1.165) is 5.69 Å². The fourth-order valence-corrected chi connectivity index (χ4v) is 3.52. The number of hydrogen-bond acceptors (Lipinski definition) is 6. The van der Waals surface area contributed by atoms with Crippen LogP contribution in [0, 0.1) is 3.95 Å². The number of ether oxygens (including phenoxy) is 1. The lowest BCUT2D eigenvalue weighted by atomic mass is 10.2. The normalized spacial score (nSPS) is 11.0. The van der Waals surface area contributed by atoms with Gasteiger partial charge in [0.1, 0.15) is 4.88 Å². The van der Waals surface area contributed by atoms with Crippen molar-refractivity contribution < 1.29 is 14.6 Å². The smallest absolute Gasteiger partial charge is 0.338 e. The summed E-state index contributed by atoms with van der Waals surface area (Å²) in [5, 5.41) is 10.5. The average Bonchev–Trinajstić information content (AvgIpc) is 2.95. The lowest BCUT2D eigenvalue weighted by Gasteiger charge is -2.03. The van der Waals surface area contributed by atoms with Crippen molar-refractivity contribution in [2.24, 2.45) is 4.99 Å². The third-order valence-electron chi connectivity index (χ3n) is 3.54. The van der Waals surface area contributed by atoms with Gasteiger partial charge in [0, 0.05) is 0 Å². The molecule has 132 valence electrons. The van der Waals surface area contributed by atoms with Crippen LogP contribution in [0.25, 0.3) is 5.69 Å². The molecule has 26 heavy (non-hydrogen) atoms. The second kappa shape index (κ2) is 8.07. The van der Waals surface area contributed by atoms with Gasteiger partial charge in [-0.05, 0) is 55.5 Å². The summed E-state index contributed by atoms with van der Waals surface area (Å²) in [5.41, 5.74) is 1.92. The van der Waals surface area contributed by atoms with E-state index in [4.69, 9.17) is 17.0 Å². The molecule has 3 aromatic rings. The summed E-state index contributed by atoms with van der Waals surface area (Å²) < 4.78 is 7.09. The molecule has 2 aromatic carbocycles. The number of thiazole rings is 1. The number of esters is 1. The Bertz CT molecular complexity index is 990. The highest BCUT2D eigenvalue weighted by atomic mass is 32.1. The molecule has 5 nitrogen and oxygen atoms in total. The van der Waals surface area contributed by atoms with Crippen molar-refractivity contribution in [1.82, 2.24) is 4.57 Å². The summed E-state index contributed by atoms with van der Waals surface area (Å²) in [6, 6.07) is 16.2. The number of aromatic hydroxyl groups is 1. The van der Waals surface area contributed by atoms with Crippen LogP contribution in [0.15, 0.2) is 59.6 Å². The molecular formula is C19H16N2O3S2. The van der Waals surface area contributed by atoms with Crippen LogP contribution in [-0.2, 0) is 4.74 Å². The van der Waals surface area contributed by atoms with Crippen molar-refractivity contribution in [1.29, 1.82) is 0 Å². The first-order valence-electron chi connectivity index (χ1n) is 7.91. The van der Waals surface area contributed by atoms with Crippen LogP contribution < -0.4 is 0 Å². The first kappa shape index (κ1) is 18.0. The minimum atomic E-state index is -0.362. The second-order valence-electron chi connectivity index (χ2n) is 5.25. The molecule has 7 heteroatoms. The molecule has 0 spiro atoms. The van der Waals surface area contributed by atoms with Gasteiger partial charge >= 0.3 is 5.97 Å². The summed E-state index contributed by atoms with van der Waals surface area (Å²) in [6.45, 7) is 2.10. The van der Waals surface area contributed by atoms with Gasteiger partial charge in [0.15, 0.2) is 3.95 Å². The van der Waals surface area contributed by atoms with Gasteiger partial charge in [0.2, 0.25) is 5.88 Å². The van der Waals surface area contributed by atoms with E-state index in [2.05, 4.69) is 4.99 Å². The fourth-order valence-electron chi connectivity index (χ4n) is 2.30. The predicted octanol–water partition coefficient (Wildman–Crippen LogP) is 4.90. The zero-order valence-corrected chi connectivity index (χ0v) is 15.6. The van der Waals surface area contributed by atoms with E-state index in [1.54, 1.807) is 42.0 Å². The molecule has 3 rings (SSSR count). The van der Waals surface area contributed by atoms with Gasteiger partial charge in [-0.1, -0.05) is 29.5 Å². The van der Waals surface area contributed by atoms with Crippen LogP contribution in [0.2, 0.25) is 0 Å².